The van der Waals surface area contributed by atoms with Crippen molar-refractivity contribution in [3.05, 3.63) is 0 Å². The molecule has 0 aromatic rings. The SMILES string of the molecule is CC1OCCC1(C)NC(=O)NC1(C(=O)O)CC1. The molecule has 1 heterocycles. The van der Waals surface area contributed by atoms with Gasteiger partial charge in [-0.3, -0.25) is 0 Å². The first kappa shape index (κ1) is 12.2. The van der Waals surface area contributed by atoms with E-state index >= 15 is 0 Å². The Hall–Kier alpha value is -1.30. The van der Waals surface area contributed by atoms with E-state index < -0.39 is 23.1 Å². The number of ether oxygens (including phenoxy) is 1. The van der Waals surface area contributed by atoms with Gasteiger partial charge in [0.05, 0.1) is 11.6 Å². The zero-order valence-electron chi connectivity index (χ0n) is 10.1. The molecule has 96 valence electrons. The minimum Gasteiger partial charge on any atom is -0.480 e. The molecular formula is C11H18N2O4. The summed E-state index contributed by atoms with van der Waals surface area (Å²) >= 11 is 0. The molecule has 0 aromatic carbocycles. The summed E-state index contributed by atoms with van der Waals surface area (Å²) in [5.74, 6) is -0.964. The van der Waals surface area contributed by atoms with E-state index in [-0.39, 0.29) is 6.10 Å². The number of carboxylic acid groups (broad SMARTS) is 1. The van der Waals surface area contributed by atoms with Crippen molar-refractivity contribution < 1.29 is 19.4 Å². The quantitative estimate of drug-likeness (QED) is 0.671. The van der Waals surface area contributed by atoms with E-state index in [9.17, 15) is 9.59 Å². The molecule has 0 bridgehead atoms. The number of urea groups is 1. The van der Waals surface area contributed by atoms with Crippen LogP contribution < -0.4 is 10.6 Å². The van der Waals surface area contributed by atoms with Crippen molar-refractivity contribution in [1.29, 1.82) is 0 Å². The maximum Gasteiger partial charge on any atom is 0.329 e. The summed E-state index contributed by atoms with van der Waals surface area (Å²) in [6, 6.07) is -0.426. The highest BCUT2D eigenvalue weighted by Crippen LogP contribution is 2.35. The number of carboxylic acids is 1. The van der Waals surface area contributed by atoms with Gasteiger partial charge in [-0.15, -0.1) is 0 Å². The van der Waals surface area contributed by atoms with E-state index in [0.717, 1.165) is 6.42 Å². The minimum absolute atomic E-state index is 0.0618. The summed E-state index contributed by atoms with van der Waals surface area (Å²) < 4.78 is 5.40. The topological polar surface area (TPSA) is 87.7 Å². The normalized spacial score (nSPS) is 34.1. The fourth-order valence-electron chi connectivity index (χ4n) is 2.02. The van der Waals surface area contributed by atoms with Crippen LogP contribution in [-0.4, -0.2) is 40.9 Å². The smallest absolute Gasteiger partial charge is 0.329 e. The van der Waals surface area contributed by atoms with Crippen molar-refractivity contribution in [3.8, 4) is 0 Å². The van der Waals surface area contributed by atoms with Crippen LogP contribution >= 0.6 is 0 Å². The van der Waals surface area contributed by atoms with Crippen LogP contribution in [0, 0.1) is 0 Å². The van der Waals surface area contributed by atoms with Crippen molar-refractivity contribution in [2.45, 2.75) is 50.3 Å². The average molecular weight is 242 g/mol. The van der Waals surface area contributed by atoms with E-state index in [0.29, 0.717) is 19.4 Å². The number of nitrogens with one attached hydrogen (secondary N) is 2. The van der Waals surface area contributed by atoms with Crippen molar-refractivity contribution in [2.75, 3.05) is 6.61 Å². The molecule has 1 aliphatic carbocycles. The van der Waals surface area contributed by atoms with Crippen LogP contribution in [0.5, 0.6) is 0 Å². The third-order valence-electron chi connectivity index (χ3n) is 3.80. The van der Waals surface area contributed by atoms with E-state index in [1.165, 1.54) is 0 Å². The highest BCUT2D eigenvalue weighted by Gasteiger charge is 2.52. The van der Waals surface area contributed by atoms with E-state index in [1.54, 1.807) is 0 Å². The maximum absolute atomic E-state index is 11.8. The molecule has 1 saturated heterocycles. The first-order chi connectivity index (χ1) is 7.88. The molecule has 2 amide bonds. The number of aliphatic carboxylic acids is 1. The molecule has 6 heteroatoms. The number of amides is 2. The second kappa shape index (κ2) is 3.87. The Kier molecular flexibility index (Phi) is 2.77. The summed E-state index contributed by atoms with van der Waals surface area (Å²) in [4.78, 5) is 22.7. The summed E-state index contributed by atoms with van der Waals surface area (Å²) in [6.45, 7) is 4.42. The lowest BCUT2D eigenvalue weighted by molar-refractivity contribution is -0.140. The second-order valence-corrected chi connectivity index (χ2v) is 5.15. The van der Waals surface area contributed by atoms with E-state index in [1.807, 2.05) is 13.8 Å². The van der Waals surface area contributed by atoms with Crippen LogP contribution in [0.15, 0.2) is 0 Å². The maximum atomic E-state index is 11.8. The first-order valence-corrected chi connectivity index (χ1v) is 5.83. The number of carbonyl (C=O) groups is 2. The van der Waals surface area contributed by atoms with Crippen LogP contribution in [-0.2, 0) is 9.53 Å². The van der Waals surface area contributed by atoms with Crippen LogP contribution in [0.1, 0.15) is 33.1 Å². The Balaban J connectivity index is 1.92. The lowest BCUT2D eigenvalue weighted by Gasteiger charge is -2.29. The van der Waals surface area contributed by atoms with Crippen LogP contribution in [0.2, 0.25) is 0 Å². The van der Waals surface area contributed by atoms with Gasteiger partial charge in [0.2, 0.25) is 0 Å². The standard InChI is InChI=1S/C11H18N2O4/c1-7-10(2,5-6-17-7)12-9(16)13-11(3-4-11)8(14)15/h7H,3-6H2,1-2H3,(H,14,15)(H2,12,13,16). The fraction of sp³-hybridized carbons (Fsp3) is 0.818. The highest BCUT2D eigenvalue weighted by atomic mass is 16.5. The molecule has 2 atom stereocenters. The minimum atomic E-state index is -1.04. The molecule has 2 fully saturated rings. The molecule has 1 saturated carbocycles. The molecule has 0 aromatic heterocycles. The monoisotopic (exact) mass is 242 g/mol. The largest absolute Gasteiger partial charge is 0.480 e. The van der Waals surface area contributed by atoms with Crippen molar-refractivity contribution in [1.82, 2.24) is 10.6 Å². The van der Waals surface area contributed by atoms with Gasteiger partial charge < -0.3 is 20.5 Å². The van der Waals surface area contributed by atoms with Crippen molar-refractivity contribution in [3.63, 3.8) is 0 Å². The van der Waals surface area contributed by atoms with Gasteiger partial charge in [-0.2, -0.15) is 0 Å². The van der Waals surface area contributed by atoms with Gasteiger partial charge in [-0.1, -0.05) is 0 Å². The molecule has 2 aliphatic rings. The van der Waals surface area contributed by atoms with Crippen molar-refractivity contribution in [2.24, 2.45) is 0 Å². The number of hydrogen-bond donors (Lipinski definition) is 3. The predicted molar refractivity (Wildman–Crippen MR) is 59.7 cm³/mol. The summed E-state index contributed by atoms with van der Waals surface area (Å²) in [7, 11) is 0. The van der Waals surface area contributed by atoms with Gasteiger partial charge in [-0.05, 0) is 33.1 Å². The van der Waals surface area contributed by atoms with Gasteiger partial charge in [0, 0.05) is 6.61 Å². The average Bonchev–Trinajstić information content (AvgIpc) is 2.91. The molecule has 2 rings (SSSR count). The van der Waals surface area contributed by atoms with Gasteiger partial charge in [-0.25, -0.2) is 9.59 Å². The Labute approximate surface area is 99.7 Å². The number of carbonyl (C=O) groups excluding carboxylic acids is 1. The zero-order valence-corrected chi connectivity index (χ0v) is 10.1. The summed E-state index contributed by atoms with van der Waals surface area (Å²) in [5, 5.41) is 14.3. The lowest BCUT2D eigenvalue weighted by atomic mass is 9.95. The van der Waals surface area contributed by atoms with Crippen molar-refractivity contribution >= 4 is 12.0 Å². The molecule has 3 N–H and O–H groups in total. The van der Waals surface area contributed by atoms with E-state index in [2.05, 4.69) is 10.6 Å². The van der Waals surface area contributed by atoms with Gasteiger partial charge in [0.25, 0.3) is 0 Å². The van der Waals surface area contributed by atoms with Gasteiger partial charge >= 0.3 is 12.0 Å². The molecule has 0 radical (unpaired) electrons. The molecule has 17 heavy (non-hydrogen) atoms. The third kappa shape index (κ3) is 2.22. The number of hydrogen-bond acceptors (Lipinski definition) is 3. The predicted octanol–water partition coefficient (Wildman–Crippen LogP) is 0.470. The molecule has 6 nitrogen and oxygen atoms in total. The Morgan fingerprint density at radius 1 is 1.29 bits per heavy atom. The molecule has 1 aliphatic heterocycles. The lowest BCUT2D eigenvalue weighted by Crippen LogP contribution is -2.57. The third-order valence-corrected chi connectivity index (χ3v) is 3.80. The van der Waals surface area contributed by atoms with Gasteiger partial charge in [0.1, 0.15) is 5.54 Å². The van der Waals surface area contributed by atoms with Crippen LogP contribution in [0.4, 0.5) is 4.79 Å². The molecule has 2 unspecified atom stereocenters. The first-order valence-electron chi connectivity index (χ1n) is 5.83. The number of rotatable bonds is 3. The fourth-order valence-corrected chi connectivity index (χ4v) is 2.02. The Bertz CT molecular complexity index is 353. The van der Waals surface area contributed by atoms with Crippen LogP contribution in [0.25, 0.3) is 0 Å². The summed E-state index contributed by atoms with van der Waals surface area (Å²) in [5.41, 5.74) is -1.46. The zero-order chi connectivity index (χ0) is 12.7. The van der Waals surface area contributed by atoms with E-state index in [4.69, 9.17) is 9.84 Å². The Morgan fingerprint density at radius 3 is 2.35 bits per heavy atom. The molecule has 0 spiro atoms. The Morgan fingerprint density at radius 2 is 1.94 bits per heavy atom. The molecular weight excluding hydrogens is 224 g/mol. The van der Waals surface area contributed by atoms with Crippen LogP contribution in [0.3, 0.4) is 0 Å². The van der Waals surface area contributed by atoms with Gasteiger partial charge in [0.15, 0.2) is 0 Å². The highest BCUT2D eigenvalue weighted by molar-refractivity contribution is 5.89. The summed E-state index contributed by atoms with van der Waals surface area (Å²) in [6.07, 6.45) is 1.67. The second-order valence-electron chi connectivity index (χ2n) is 5.15.